The summed E-state index contributed by atoms with van der Waals surface area (Å²) < 4.78 is 1.70. The van der Waals surface area contributed by atoms with Gasteiger partial charge in [-0.3, -0.25) is 4.79 Å². The lowest BCUT2D eigenvalue weighted by Gasteiger charge is -2.23. The Morgan fingerprint density at radius 2 is 2.21 bits per heavy atom. The first-order chi connectivity index (χ1) is 8.89. The maximum absolute atomic E-state index is 12.3. The average Bonchev–Trinajstić information content (AvgIpc) is 2.72. The lowest BCUT2D eigenvalue weighted by Crippen LogP contribution is -2.35. The van der Waals surface area contributed by atoms with Crippen molar-refractivity contribution in [1.82, 2.24) is 9.55 Å². The summed E-state index contributed by atoms with van der Waals surface area (Å²) >= 11 is 6.24. The number of rotatable bonds is 3. The predicted molar refractivity (Wildman–Crippen MR) is 79.0 cm³/mol. The van der Waals surface area contributed by atoms with E-state index in [9.17, 15) is 4.79 Å². The monoisotopic (exact) mass is 283 g/mol. The Morgan fingerprint density at radius 3 is 2.79 bits per heavy atom. The number of hydrogen-bond donors (Lipinski definition) is 1. The van der Waals surface area contributed by atoms with Crippen molar-refractivity contribution in [3.8, 4) is 0 Å². The summed E-state index contributed by atoms with van der Waals surface area (Å²) in [4.78, 5) is 16.5. The van der Waals surface area contributed by atoms with Crippen molar-refractivity contribution >= 4 is 17.4 Å². The summed E-state index contributed by atoms with van der Waals surface area (Å²) in [7, 11) is 0. The molecule has 1 aliphatic rings. The molecule has 1 aromatic heterocycles. The van der Waals surface area contributed by atoms with E-state index in [0.29, 0.717) is 11.7 Å². The standard InChI is InChI=1S/C14H22ClN3O/c1-14(2,3)18-8-7-16-12(13(18)19)17-9-10-5-4-6-11(10)15/h7-8,10-11H,4-6,9H2,1-3H3,(H,16,17). The molecule has 0 radical (unpaired) electrons. The average molecular weight is 284 g/mol. The fourth-order valence-electron chi connectivity index (χ4n) is 2.51. The topological polar surface area (TPSA) is 46.9 Å². The van der Waals surface area contributed by atoms with Crippen LogP contribution in [0.15, 0.2) is 17.2 Å². The molecule has 0 aliphatic heterocycles. The maximum atomic E-state index is 12.3. The number of anilines is 1. The van der Waals surface area contributed by atoms with Crippen molar-refractivity contribution in [3.05, 3.63) is 22.7 Å². The lowest BCUT2D eigenvalue weighted by molar-refractivity contribution is 0.383. The number of nitrogens with one attached hydrogen (secondary N) is 1. The molecule has 4 nitrogen and oxygen atoms in total. The van der Waals surface area contributed by atoms with Gasteiger partial charge in [0.05, 0.1) is 0 Å². The molecule has 1 N–H and O–H groups in total. The molecular formula is C14H22ClN3O. The van der Waals surface area contributed by atoms with E-state index in [1.807, 2.05) is 20.8 Å². The van der Waals surface area contributed by atoms with Gasteiger partial charge in [0.15, 0.2) is 5.82 Å². The fourth-order valence-corrected chi connectivity index (χ4v) is 2.88. The highest BCUT2D eigenvalue weighted by atomic mass is 35.5. The largest absolute Gasteiger partial charge is 0.365 e. The molecule has 5 heteroatoms. The normalized spacial score (nSPS) is 23.6. The second-order valence-electron chi connectivity index (χ2n) is 6.21. The van der Waals surface area contributed by atoms with Crippen molar-refractivity contribution in [3.63, 3.8) is 0 Å². The van der Waals surface area contributed by atoms with Gasteiger partial charge in [-0.25, -0.2) is 4.98 Å². The van der Waals surface area contributed by atoms with Crippen LogP contribution in [-0.4, -0.2) is 21.5 Å². The summed E-state index contributed by atoms with van der Waals surface area (Å²) in [5, 5.41) is 3.39. The molecule has 1 aliphatic carbocycles. The third-order valence-corrected chi connectivity index (χ3v) is 4.24. The molecule has 1 saturated carbocycles. The number of nitrogens with zero attached hydrogens (tertiary/aromatic N) is 2. The molecule has 1 heterocycles. The SMILES string of the molecule is CC(C)(C)n1ccnc(NCC2CCCC2Cl)c1=O. The van der Waals surface area contributed by atoms with Crippen molar-refractivity contribution in [2.75, 3.05) is 11.9 Å². The highest BCUT2D eigenvalue weighted by molar-refractivity contribution is 6.20. The number of alkyl halides is 1. The quantitative estimate of drug-likeness (QED) is 0.868. The van der Waals surface area contributed by atoms with Gasteiger partial charge in [0.1, 0.15) is 0 Å². The number of aromatic nitrogens is 2. The Kier molecular flexibility index (Phi) is 4.19. The van der Waals surface area contributed by atoms with Crippen LogP contribution >= 0.6 is 11.6 Å². The van der Waals surface area contributed by atoms with Crippen LogP contribution in [0.4, 0.5) is 5.82 Å². The van der Waals surface area contributed by atoms with E-state index in [4.69, 9.17) is 11.6 Å². The van der Waals surface area contributed by atoms with Crippen LogP contribution in [0.5, 0.6) is 0 Å². The molecular weight excluding hydrogens is 262 g/mol. The summed E-state index contributed by atoms with van der Waals surface area (Å²) in [5.74, 6) is 0.861. The molecule has 19 heavy (non-hydrogen) atoms. The van der Waals surface area contributed by atoms with Crippen LogP contribution < -0.4 is 10.9 Å². The Hall–Kier alpha value is -1.03. The number of hydrogen-bond acceptors (Lipinski definition) is 3. The van der Waals surface area contributed by atoms with E-state index in [1.165, 1.54) is 6.42 Å². The van der Waals surface area contributed by atoms with Crippen molar-refractivity contribution in [1.29, 1.82) is 0 Å². The molecule has 2 unspecified atom stereocenters. The zero-order valence-electron chi connectivity index (χ0n) is 11.8. The highest BCUT2D eigenvalue weighted by Gasteiger charge is 2.25. The minimum atomic E-state index is -0.237. The lowest BCUT2D eigenvalue weighted by atomic mass is 10.1. The van der Waals surface area contributed by atoms with Crippen LogP contribution in [0.25, 0.3) is 0 Å². The highest BCUT2D eigenvalue weighted by Crippen LogP contribution is 2.29. The summed E-state index contributed by atoms with van der Waals surface area (Å²) in [6.07, 6.45) is 6.77. The minimum absolute atomic E-state index is 0.0703. The third-order valence-electron chi connectivity index (χ3n) is 3.66. The first-order valence-corrected chi connectivity index (χ1v) is 7.29. The van der Waals surface area contributed by atoms with Gasteiger partial charge in [-0.2, -0.15) is 0 Å². The molecule has 2 rings (SSSR count). The second kappa shape index (κ2) is 5.53. The van der Waals surface area contributed by atoms with Gasteiger partial charge >= 0.3 is 0 Å². The van der Waals surface area contributed by atoms with E-state index < -0.39 is 0 Å². The van der Waals surface area contributed by atoms with Crippen LogP contribution in [0.2, 0.25) is 0 Å². The maximum Gasteiger partial charge on any atom is 0.293 e. The minimum Gasteiger partial charge on any atom is -0.365 e. The Labute approximate surface area is 119 Å². The van der Waals surface area contributed by atoms with Crippen LogP contribution in [0.3, 0.4) is 0 Å². The molecule has 106 valence electrons. The van der Waals surface area contributed by atoms with Crippen LogP contribution in [0.1, 0.15) is 40.0 Å². The molecule has 0 amide bonds. The van der Waals surface area contributed by atoms with E-state index in [0.717, 1.165) is 19.4 Å². The van der Waals surface area contributed by atoms with Gasteiger partial charge in [-0.05, 0) is 39.5 Å². The number of halogens is 1. The van der Waals surface area contributed by atoms with Crippen molar-refractivity contribution in [2.24, 2.45) is 5.92 Å². The molecule has 0 bridgehead atoms. The van der Waals surface area contributed by atoms with E-state index in [1.54, 1.807) is 17.0 Å². The zero-order valence-corrected chi connectivity index (χ0v) is 12.6. The Morgan fingerprint density at radius 1 is 1.47 bits per heavy atom. The van der Waals surface area contributed by atoms with Gasteiger partial charge in [-0.15, -0.1) is 11.6 Å². The van der Waals surface area contributed by atoms with Crippen LogP contribution in [-0.2, 0) is 5.54 Å². The predicted octanol–water partition coefficient (Wildman–Crippen LogP) is 2.82. The van der Waals surface area contributed by atoms with Crippen molar-refractivity contribution < 1.29 is 0 Å². The Balaban J connectivity index is 2.11. The molecule has 1 aromatic rings. The zero-order chi connectivity index (χ0) is 14.0. The Bertz CT molecular complexity index is 492. The van der Waals surface area contributed by atoms with Gasteiger partial charge in [-0.1, -0.05) is 6.42 Å². The van der Waals surface area contributed by atoms with Crippen molar-refractivity contribution in [2.45, 2.75) is 50.9 Å². The van der Waals surface area contributed by atoms with E-state index >= 15 is 0 Å². The molecule has 0 spiro atoms. The first-order valence-electron chi connectivity index (χ1n) is 6.85. The molecule has 0 saturated heterocycles. The summed E-state index contributed by atoms with van der Waals surface area (Å²) in [6, 6.07) is 0. The van der Waals surface area contributed by atoms with Crippen LogP contribution in [0, 0.1) is 5.92 Å². The summed E-state index contributed by atoms with van der Waals surface area (Å²) in [5.41, 5.74) is -0.308. The first kappa shape index (κ1) is 14.4. The smallest absolute Gasteiger partial charge is 0.293 e. The molecule has 0 aromatic carbocycles. The van der Waals surface area contributed by atoms with E-state index in [-0.39, 0.29) is 16.5 Å². The summed E-state index contributed by atoms with van der Waals surface area (Å²) in [6.45, 7) is 6.74. The second-order valence-corrected chi connectivity index (χ2v) is 6.77. The van der Waals surface area contributed by atoms with Gasteiger partial charge in [0.2, 0.25) is 0 Å². The van der Waals surface area contributed by atoms with Gasteiger partial charge < -0.3 is 9.88 Å². The third kappa shape index (κ3) is 3.30. The van der Waals surface area contributed by atoms with Gasteiger partial charge in [0.25, 0.3) is 5.56 Å². The van der Waals surface area contributed by atoms with E-state index in [2.05, 4.69) is 10.3 Å². The fraction of sp³-hybridized carbons (Fsp3) is 0.714. The molecule has 1 fully saturated rings. The van der Waals surface area contributed by atoms with Gasteiger partial charge in [0, 0.05) is 29.9 Å². The molecule has 2 atom stereocenters.